The molecule has 6 heteroatoms. The topological polar surface area (TPSA) is 42.8 Å². The second-order valence-electron chi connectivity index (χ2n) is 4.50. The fourth-order valence-electron chi connectivity index (χ4n) is 1.87. The SMILES string of the molecule is COc1ccc(/C(C)=N/Nc2ccc(Cl)c(Cl)c2)c(OC)c1. The van der Waals surface area contributed by atoms with Gasteiger partial charge in [-0.2, -0.15) is 5.10 Å². The van der Waals surface area contributed by atoms with Crippen LogP contribution in [0.5, 0.6) is 11.5 Å². The number of halogens is 2. The van der Waals surface area contributed by atoms with Gasteiger partial charge in [0.25, 0.3) is 0 Å². The Morgan fingerprint density at radius 2 is 1.77 bits per heavy atom. The van der Waals surface area contributed by atoms with Gasteiger partial charge >= 0.3 is 0 Å². The zero-order valence-electron chi connectivity index (χ0n) is 12.5. The highest BCUT2D eigenvalue weighted by molar-refractivity contribution is 6.42. The average molecular weight is 339 g/mol. The summed E-state index contributed by atoms with van der Waals surface area (Å²) in [7, 11) is 3.22. The molecule has 1 N–H and O–H groups in total. The maximum absolute atomic E-state index is 5.97. The van der Waals surface area contributed by atoms with Gasteiger partial charge in [-0.05, 0) is 37.3 Å². The van der Waals surface area contributed by atoms with Crippen molar-refractivity contribution in [3.63, 3.8) is 0 Å². The summed E-state index contributed by atoms with van der Waals surface area (Å²) in [6.07, 6.45) is 0. The number of nitrogens with zero attached hydrogens (tertiary/aromatic N) is 1. The van der Waals surface area contributed by atoms with Crippen molar-refractivity contribution in [2.24, 2.45) is 5.10 Å². The average Bonchev–Trinajstić information content (AvgIpc) is 2.54. The molecular formula is C16H16Cl2N2O2. The van der Waals surface area contributed by atoms with Crippen molar-refractivity contribution in [2.45, 2.75) is 6.92 Å². The molecule has 22 heavy (non-hydrogen) atoms. The van der Waals surface area contributed by atoms with E-state index < -0.39 is 0 Å². The van der Waals surface area contributed by atoms with Crippen LogP contribution in [0.25, 0.3) is 0 Å². The summed E-state index contributed by atoms with van der Waals surface area (Å²) in [6.45, 7) is 1.88. The van der Waals surface area contributed by atoms with E-state index >= 15 is 0 Å². The predicted octanol–water partition coefficient (Wildman–Crippen LogP) is 4.85. The molecule has 0 saturated carbocycles. The van der Waals surface area contributed by atoms with E-state index in [0.717, 1.165) is 22.7 Å². The lowest BCUT2D eigenvalue weighted by Gasteiger charge is -2.10. The van der Waals surface area contributed by atoms with E-state index in [-0.39, 0.29) is 0 Å². The summed E-state index contributed by atoms with van der Waals surface area (Å²) < 4.78 is 10.6. The van der Waals surface area contributed by atoms with Crippen LogP contribution in [-0.4, -0.2) is 19.9 Å². The quantitative estimate of drug-likeness (QED) is 0.626. The number of methoxy groups -OCH3 is 2. The Morgan fingerprint density at radius 1 is 1.00 bits per heavy atom. The Morgan fingerprint density at radius 3 is 2.41 bits per heavy atom. The molecular weight excluding hydrogens is 323 g/mol. The third-order valence-corrected chi connectivity index (χ3v) is 3.81. The summed E-state index contributed by atoms with van der Waals surface area (Å²) in [5.74, 6) is 1.42. The Kier molecular flexibility index (Phi) is 5.52. The Balaban J connectivity index is 2.23. The second-order valence-corrected chi connectivity index (χ2v) is 5.32. The molecule has 0 heterocycles. The van der Waals surface area contributed by atoms with Crippen LogP contribution >= 0.6 is 23.2 Å². The molecule has 0 fully saturated rings. The minimum Gasteiger partial charge on any atom is -0.497 e. The van der Waals surface area contributed by atoms with Crippen LogP contribution in [0.15, 0.2) is 41.5 Å². The second kappa shape index (κ2) is 7.38. The minimum absolute atomic E-state index is 0.474. The van der Waals surface area contributed by atoms with Crippen LogP contribution < -0.4 is 14.9 Å². The number of hydrogen-bond acceptors (Lipinski definition) is 4. The highest BCUT2D eigenvalue weighted by Crippen LogP contribution is 2.27. The van der Waals surface area contributed by atoms with Crippen molar-refractivity contribution in [1.82, 2.24) is 0 Å². The highest BCUT2D eigenvalue weighted by atomic mass is 35.5. The lowest BCUT2D eigenvalue weighted by atomic mass is 10.1. The number of ether oxygens (including phenoxy) is 2. The number of anilines is 1. The third kappa shape index (κ3) is 3.84. The Hall–Kier alpha value is -1.91. The molecule has 0 aliphatic heterocycles. The van der Waals surface area contributed by atoms with E-state index in [9.17, 15) is 0 Å². The summed E-state index contributed by atoms with van der Waals surface area (Å²) in [5, 5.41) is 5.32. The van der Waals surface area contributed by atoms with E-state index in [1.54, 1.807) is 32.4 Å². The third-order valence-electron chi connectivity index (χ3n) is 3.07. The van der Waals surface area contributed by atoms with Gasteiger partial charge in [0.1, 0.15) is 11.5 Å². The van der Waals surface area contributed by atoms with Crippen LogP contribution in [0.3, 0.4) is 0 Å². The summed E-state index contributed by atoms with van der Waals surface area (Å²) in [6, 6.07) is 10.8. The number of benzene rings is 2. The van der Waals surface area contributed by atoms with Crippen LogP contribution in [0.2, 0.25) is 10.0 Å². The maximum atomic E-state index is 5.97. The molecule has 0 spiro atoms. The lowest BCUT2D eigenvalue weighted by Crippen LogP contribution is -2.03. The van der Waals surface area contributed by atoms with Crippen LogP contribution in [-0.2, 0) is 0 Å². The molecule has 2 aromatic carbocycles. The number of hydrogen-bond donors (Lipinski definition) is 1. The molecule has 4 nitrogen and oxygen atoms in total. The van der Waals surface area contributed by atoms with Gasteiger partial charge in [0.2, 0.25) is 0 Å². The fraction of sp³-hybridized carbons (Fsp3) is 0.188. The molecule has 0 aromatic heterocycles. The normalized spacial score (nSPS) is 11.2. The largest absolute Gasteiger partial charge is 0.497 e. The van der Waals surface area contributed by atoms with Gasteiger partial charge < -0.3 is 9.47 Å². The molecule has 0 amide bonds. The van der Waals surface area contributed by atoms with Crippen molar-refractivity contribution in [1.29, 1.82) is 0 Å². The lowest BCUT2D eigenvalue weighted by molar-refractivity contribution is 0.394. The number of nitrogens with one attached hydrogen (secondary N) is 1. The Labute approximate surface area is 139 Å². The van der Waals surface area contributed by atoms with Crippen molar-refractivity contribution < 1.29 is 9.47 Å². The van der Waals surface area contributed by atoms with Gasteiger partial charge in [-0.3, -0.25) is 5.43 Å². The van der Waals surface area contributed by atoms with E-state index in [4.69, 9.17) is 32.7 Å². The van der Waals surface area contributed by atoms with Crippen molar-refractivity contribution in [3.05, 3.63) is 52.0 Å². The predicted molar refractivity (Wildman–Crippen MR) is 91.8 cm³/mol. The summed E-state index contributed by atoms with van der Waals surface area (Å²) in [5.41, 5.74) is 5.34. The molecule has 0 aliphatic carbocycles. The van der Waals surface area contributed by atoms with Crippen molar-refractivity contribution in [2.75, 3.05) is 19.6 Å². The monoisotopic (exact) mass is 338 g/mol. The molecule has 2 aromatic rings. The van der Waals surface area contributed by atoms with Crippen molar-refractivity contribution >= 4 is 34.6 Å². The Bertz CT molecular complexity index is 703. The zero-order valence-corrected chi connectivity index (χ0v) is 14.0. The van der Waals surface area contributed by atoms with Gasteiger partial charge in [-0.25, -0.2) is 0 Å². The molecule has 0 saturated heterocycles. The first-order chi connectivity index (χ1) is 10.5. The van der Waals surface area contributed by atoms with E-state index in [1.165, 1.54) is 0 Å². The smallest absolute Gasteiger partial charge is 0.131 e. The van der Waals surface area contributed by atoms with E-state index in [1.807, 2.05) is 25.1 Å². The van der Waals surface area contributed by atoms with Crippen LogP contribution in [0.4, 0.5) is 5.69 Å². The van der Waals surface area contributed by atoms with E-state index in [0.29, 0.717) is 15.8 Å². The van der Waals surface area contributed by atoms with E-state index in [2.05, 4.69) is 10.5 Å². The van der Waals surface area contributed by atoms with Gasteiger partial charge in [0.05, 0.1) is 35.7 Å². The number of hydrazone groups is 1. The minimum atomic E-state index is 0.474. The molecule has 0 aliphatic rings. The molecule has 0 unspecified atom stereocenters. The molecule has 0 radical (unpaired) electrons. The maximum Gasteiger partial charge on any atom is 0.131 e. The molecule has 0 atom stereocenters. The molecule has 0 bridgehead atoms. The number of rotatable bonds is 5. The summed E-state index contributed by atoms with van der Waals surface area (Å²) in [4.78, 5) is 0. The highest BCUT2D eigenvalue weighted by Gasteiger charge is 2.08. The first-order valence-corrected chi connectivity index (χ1v) is 7.28. The van der Waals surface area contributed by atoms with Gasteiger partial charge in [0, 0.05) is 11.6 Å². The van der Waals surface area contributed by atoms with Gasteiger partial charge in [-0.15, -0.1) is 0 Å². The standard InChI is InChI=1S/C16H16Cl2N2O2/c1-10(13-6-5-12(21-2)9-16(13)22-3)19-20-11-4-7-14(17)15(18)8-11/h4-9,20H,1-3H3/b19-10+. The van der Waals surface area contributed by atoms with Gasteiger partial charge in [0.15, 0.2) is 0 Å². The van der Waals surface area contributed by atoms with Gasteiger partial charge in [-0.1, -0.05) is 23.2 Å². The first kappa shape index (κ1) is 16.5. The van der Waals surface area contributed by atoms with Crippen LogP contribution in [0.1, 0.15) is 12.5 Å². The van der Waals surface area contributed by atoms with Crippen molar-refractivity contribution in [3.8, 4) is 11.5 Å². The first-order valence-electron chi connectivity index (χ1n) is 6.53. The summed E-state index contributed by atoms with van der Waals surface area (Å²) >= 11 is 11.9. The molecule has 116 valence electrons. The van der Waals surface area contributed by atoms with Crippen LogP contribution in [0, 0.1) is 0 Å². The molecule has 2 rings (SSSR count). The zero-order chi connectivity index (χ0) is 16.1. The fourth-order valence-corrected chi connectivity index (χ4v) is 2.17.